The number of aromatic nitrogens is 1. The van der Waals surface area contributed by atoms with E-state index in [-0.39, 0.29) is 12.0 Å². The number of rotatable bonds is 1. The zero-order chi connectivity index (χ0) is 11.5. The van der Waals surface area contributed by atoms with Crippen molar-refractivity contribution in [2.75, 3.05) is 19.7 Å². The molecule has 1 fully saturated rings. The Balaban J connectivity index is 2.12. The standard InChI is InChI=1S/C11H13BrN2O2/c1-8(15)14-2-3-16-11(7-14)9-4-10(12)6-13-5-9/h4-6,11H,2-3,7H2,1H3. The SMILES string of the molecule is CC(=O)N1CCOC(c2cncc(Br)c2)C1. The number of hydrogen-bond acceptors (Lipinski definition) is 3. The maximum absolute atomic E-state index is 11.3. The van der Waals surface area contributed by atoms with E-state index in [9.17, 15) is 4.79 Å². The molecule has 1 aromatic rings. The van der Waals surface area contributed by atoms with Crippen LogP contribution in [0.3, 0.4) is 0 Å². The Kier molecular flexibility index (Phi) is 3.56. The monoisotopic (exact) mass is 284 g/mol. The molecule has 1 amide bonds. The number of hydrogen-bond donors (Lipinski definition) is 0. The molecule has 1 unspecified atom stereocenters. The molecule has 0 aliphatic carbocycles. The molecule has 4 nitrogen and oxygen atoms in total. The molecule has 0 spiro atoms. The maximum Gasteiger partial charge on any atom is 0.219 e. The topological polar surface area (TPSA) is 42.4 Å². The summed E-state index contributed by atoms with van der Waals surface area (Å²) in [5.74, 6) is 0.0938. The van der Waals surface area contributed by atoms with Crippen LogP contribution in [0, 0.1) is 0 Å². The minimum Gasteiger partial charge on any atom is -0.370 e. The number of carbonyl (C=O) groups is 1. The van der Waals surface area contributed by atoms with Crippen molar-refractivity contribution in [1.82, 2.24) is 9.88 Å². The van der Waals surface area contributed by atoms with Crippen molar-refractivity contribution in [2.45, 2.75) is 13.0 Å². The molecular formula is C11H13BrN2O2. The Morgan fingerprint density at radius 3 is 3.12 bits per heavy atom. The molecule has 0 N–H and O–H groups in total. The summed E-state index contributed by atoms with van der Waals surface area (Å²) in [6.45, 7) is 3.44. The molecule has 5 heteroatoms. The van der Waals surface area contributed by atoms with Gasteiger partial charge in [0.1, 0.15) is 6.10 Å². The smallest absolute Gasteiger partial charge is 0.219 e. The summed E-state index contributed by atoms with van der Waals surface area (Å²) in [7, 11) is 0. The molecule has 1 aliphatic heterocycles. The highest BCUT2D eigenvalue weighted by Gasteiger charge is 2.23. The summed E-state index contributed by atoms with van der Waals surface area (Å²) >= 11 is 3.37. The highest BCUT2D eigenvalue weighted by atomic mass is 79.9. The van der Waals surface area contributed by atoms with Crippen molar-refractivity contribution in [3.05, 3.63) is 28.5 Å². The van der Waals surface area contributed by atoms with Crippen LogP contribution in [0.5, 0.6) is 0 Å². The van der Waals surface area contributed by atoms with E-state index in [0.29, 0.717) is 19.7 Å². The van der Waals surface area contributed by atoms with Crippen molar-refractivity contribution in [3.63, 3.8) is 0 Å². The van der Waals surface area contributed by atoms with Crippen LogP contribution in [-0.4, -0.2) is 35.5 Å². The van der Waals surface area contributed by atoms with Crippen LogP contribution >= 0.6 is 15.9 Å². The second kappa shape index (κ2) is 4.93. The molecule has 1 atom stereocenters. The molecule has 0 aromatic carbocycles. The first-order valence-corrected chi connectivity index (χ1v) is 5.93. The molecule has 0 radical (unpaired) electrons. The van der Waals surface area contributed by atoms with E-state index in [1.54, 1.807) is 24.2 Å². The van der Waals surface area contributed by atoms with E-state index in [1.807, 2.05) is 6.07 Å². The second-order valence-corrected chi connectivity index (χ2v) is 4.68. The molecule has 86 valence electrons. The zero-order valence-corrected chi connectivity index (χ0v) is 10.6. The first-order chi connectivity index (χ1) is 7.66. The van der Waals surface area contributed by atoms with E-state index in [2.05, 4.69) is 20.9 Å². The van der Waals surface area contributed by atoms with Crippen LogP contribution in [0.2, 0.25) is 0 Å². The highest BCUT2D eigenvalue weighted by molar-refractivity contribution is 9.10. The average Bonchev–Trinajstić information content (AvgIpc) is 2.29. The Labute approximate surface area is 103 Å². The van der Waals surface area contributed by atoms with E-state index >= 15 is 0 Å². The van der Waals surface area contributed by atoms with Gasteiger partial charge in [-0.1, -0.05) is 0 Å². The molecule has 2 heterocycles. The van der Waals surface area contributed by atoms with E-state index in [0.717, 1.165) is 10.0 Å². The van der Waals surface area contributed by atoms with E-state index in [1.165, 1.54) is 0 Å². The van der Waals surface area contributed by atoms with Crippen molar-refractivity contribution in [3.8, 4) is 0 Å². The molecular weight excluding hydrogens is 272 g/mol. The predicted molar refractivity (Wildman–Crippen MR) is 62.9 cm³/mol. The Bertz CT molecular complexity index is 397. The summed E-state index contributed by atoms with van der Waals surface area (Å²) in [5.41, 5.74) is 1.00. The lowest BCUT2D eigenvalue weighted by Crippen LogP contribution is -2.41. The number of carbonyl (C=O) groups excluding carboxylic acids is 1. The Hall–Kier alpha value is -0.940. The fourth-order valence-corrected chi connectivity index (χ4v) is 2.12. The van der Waals surface area contributed by atoms with E-state index in [4.69, 9.17) is 4.74 Å². The Morgan fingerprint density at radius 2 is 2.44 bits per heavy atom. The maximum atomic E-state index is 11.3. The van der Waals surface area contributed by atoms with Crippen molar-refractivity contribution >= 4 is 21.8 Å². The lowest BCUT2D eigenvalue weighted by molar-refractivity contribution is -0.136. The van der Waals surface area contributed by atoms with Gasteiger partial charge in [0, 0.05) is 35.9 Å². The largest absolute Gasteiger partial charge is 0.370 e. The van der Waals surface area contributed by atoms with Gasteiger partial charge in [0.2, 0.25) is 5.91 Å². The third-order valence-electron chi connectivity index (χ3n) is 2.61. The normalized spacial score (nSPS) is 20.9. The molecule has 1 aromatic heterocycles. The predicted octanol–water partition coefficient (Wildman–Crippen LogP) is 1.76. The van der Waals surface area contributed by atoms with Gasteiger partial charge in [0.25, 0.3) is 0 Å². The van der Waals surface area contributed by atoms with Gasteiger partial charge in [-0.2, -0.15) is 0 Å². The van der Waals surface area contributed by atoms with Gasteiger partial charge in [-0.3, -0.25) is 9.78 Å². The summed E-state index contributed by atoms with van der Waals surface area (Å²) < 4.78 is 6.57. The molecule has 0 saturated carbocycles. The Morgan fingerprint density at radius 1 is 1.62 bits per heavy atom. The lowest BCUT2D eigenvalue weighted by Gasteiger charge is -2.32. The van der Waals surface area contributed by atoms with Crippen molar-refractivity contribution < 1.29 is 9.53 Å². The van der Waals surface area contributed by atoms with Crippen molar-refractivity contribution in [1.29, 1.82) is 0 Å². The van der Waals surface area contributed by atoms with Crippen LogP contribution in [0.25, 0.3) is 0 Å². The molecule has 0 bridgehead atoms. The van der Waals surface area contributed by atoms with E-state index < -0.39 is 0 Å². The third kappa shape index (κ3) is 2.59. The van der Waals surface area contributed by atoms with Gasteiger partial charge >= 0.3 is 0 Å². The summed E-state index contributed by atoms with van der Waals surface area (Å²) in [4.78, 5) is 17.2. The minimum atomic E-state index is -0.0670. The quantitative estimate of drug-likeness (QED) is 0.789. The molecule has 16 heavy (non-hydrogen) atoms. The zero-order valence-electron chi connectivity index (χ0n) is 9.02. The first kappa shape index (κ1) is 11.5. The van der Waals surface area contributed by atoms with Crippen LogP contribution in [-0.2, 0) is 9.53 Å². The number of amides is 1. The lowest BCUT2D eigenvalue weighted by atomic mass is 10.1. The first-order valence-electron chi connectivity index (χ1n) is 5.14. The summed E-state index contributed by atoms with van der Waals surface area (Å²) in [6, 6.07) is 1.97. The fraction of sp³-hybridized carbons (Fsp3) is 0.455. The second-order valence-electron chi connectivity index (χ2n) is 3.76. The number of ether oxygens (including phenoxy) is 1. The van der Waals surface area contributed by atoms with Crippen LogP contribution in [0.15, 0.2) is 22.9 Å². The highest BCUT2D eigenvalue weighted by Crippen LogP contribution is 2.23. The van der Waals surface area contributed by atoms with Crippen LogP contribution < -0.4 is 0 Å². The molecule has 1 saturated heterocycles. The fourth-order valence-electron chi connectivity index (χ4n) is 1.74. The van der Waals surface area contributed by atoms with Crippen molar-refractivity contribution in [2.24, 2.45) is 0 Å². The van der Waals surface area contributed by atoms with Gasteiger partial charge in [0.15, 0.2) is 0 Å². The van der Waals surface area contributed by atoms with Gasteiger partial charge in [-0.05, 0) is 22.0 Å². The number of halogens is 1. The van der Waals surface area contributed by atoms with Gasteiger partial charge in [-0.25, -0.2) is 0 Å². The number of nitrogens with zero attached hydrogens (tertiary/aromatic N) is 2. The van der Waals surface area contributed by atoms with Gasteiger partial charge in [0.05, 0.1) is 13.2 Å². The number of morpholine rings is 1. The third-order valence-corrected chi connectivity index (χ3v) is 3.04. The number of pyridine rings is 1. The summed E-state index contributed by atoms with van der Waals surface area (Å²) in [5, 5.41) is 0. The van der Waals surface area contributed by atoms with Crippen LogP contribution in [0.4, 0.5) is 0 Å². The summed E-state index contributed by atoms with van der Waals surface area (Å²) in [6.07, 6.45) is 3.44. The molecule has 1 aliphatic rings. The van der Waals surface area contributed by atoms with Crippen LogP contribution in [0.1, 0.15) is 18.6 Å². The molecule has 2 rings (SSSR count). The minimum absolute atomic E-state index is 0.0670. The van der Waals surface area contributed by atoms with Gasteiger partial charge in [-0.15, -0.1) is 0 Å². The average molecular weight is 285 g/mol. The van der Waals surface area contributed by atoms with Gasteiger partial charge < -0.3 is 9.64 Å².